The maximum Gasteiger partial charge on any atom is 0.0649 e. The van der Waals surface area contributed by atoms with Gasteiger partial charge in [-0.05, 0) is 18.4 Å². The number of aliphatic imine (C=N–C) groups is 1. The molecule has 1 heteroatoms. The van der Waals surface area contributed by atoms with Crippen molar-refractivity contribution in [2.75, 3.05) is 0 Å². The molecule has 0 amide bonds. The van der Waals surface area contributed by atoms with Crippen LogP contribution in [0, 0.1) is 5.92 Å². The zero-order valence-electron chi connectivity index (χ0n) is 8.83. The Bertz CT molecular complexity index is 221. The van der Waals surface area contributed by atoms with E-state index in [4.69, 9.17) is 0 Å². The summed E-state index contributed by atoms with van der Waals surface area (Å²) in [5.74, 6) is 0.557. The average Bonchev–Trinajstić information content (AvgIpc) is 2.10. The largest absolute Gasteiger partial charge is 0.285 e. The Labute approximate surface area is 81.6 Å². The third-order valence-electron chi connectivity index (χ3n) is 1.51. The Balaban J connectivity index is 4.01. The van der Waals surface area contributed by atoms with Crippen LogP contribution in [0.15, 0.2) is 42.0 Å². The maximum absolute atomic E-state index is 4.23. The lowest BCUT2D eigenvalue weighted by Crippen LogP contribution is -1.91. The minimum atomic E-state index is 0.171. The zero-order chi connectivity index (χ0) is 10.3. The van der Waals surface area contributed by atoms with E-state index in [1.54, 1.807) is 12.3 Å². The smallest absolute Gasteiger partial charge is 0.0649 e. The summed E-state index contributed by atoms with van der Waals surface area (Å²) in [7, 11) is 0. The molecule has 13 heavy (non-hydrogen) atoms. The molecule has 0 heterocycles. The summed E-state index contributed by atoms with van der Waals surface area (Å²) in [5, 5.41) is 0. The van der Waals surface area contributed by atoms with Crippen LogP contribution in [0.1, 0.15) is 20.8 Å². The summed E-state index contributed by atoms with van der Waals surface area (Å²) in [5.41, 5.74) is 0.933. The lowest BCUT2D eigenvalue weighted by atomic mass is 10.2. The molecule has 0 aliphatic carbocycles. The van der Waals surface area contributed by atoms with Crippen LogP contribution in [-0.4, -0.2) is 12.3 Å². The van der Waals surface area contributed by atoms with Crippen molar-refractivity contribution in [1.29, 1.82) is 0 Å². The summed E-state index contributed by atoms with van der Waals surface area (Å²) < 4.78 is 0. The summed E-state index contributed by atoms with van der Waals surface area (Å²) in [6, 6.07) is 0.171. The molecule has 72 valence electrons. The molecular weight excluding hydrogens is 158 g/mol. The van der Waals surface area contributed by atoms with Crippen molar-refractivity contribution in [1.82, 2.24) is 0 Å². The quantitative estimate of drug-likeness (QED) is 0.347. The average molecular weight is 177 g/mol. The molecule has 1 nitrogen and oxygen atoms in total. The summed E-state index contributed by atoms with van der Waals surface area (Å²) in [4.78, 5) is 4.23. The highest BCUT2D eigenvalue weighted by atomic mass is 14.7. The Morgan fingerprint density at radius 1 is 1.31 bits per heavy atom. The minimum Gasteiger partial charge on any atom is -0.285 e. The molecule has 0 aromatic rings. The van der Waals surface area contributed by atoms with Gasteiger partial charge in [-0.15, -0.1) is 6.58 Å². The first kappa shape index (κ1) is 11.9. The first-order valence-corrected chi connectivity index (χ1v) is 4.59. The van der Waals surface area contributed by atoms with Crippen LogP contribution in [0.4, 0.5) is 0 Å². The van der Waals surface area contributed by atoms with Crippen LogP contribution >= 0.6 is 0 Å². The van der Waals surface area contributed by atoms with Gasteiger partial charge in [0.05, 0.1) is 6.04 Å². The van der Waals surface area contributed by atoms with Gasteiger partial charge in [0, 0.05) is 6.21 Å². The fourth-order valence-corrected chi connectivity index (χ4v) is 0.633. The van der Waals surface area contributed by atoms with E-state index in [1.165, 1.54) is 0 Å². The topological polar surface area (TPSA) is 12.4 Å². The molecule has 0 radical (unpaired) electrons. The van der Waals surface area contributed by atoms with Gasteiger partial charge in [-0.25, -0.2) is 0 Å². The van der Waals surface area contributed by atoms with Crippen LogP contribution in [0.3, 0.4) is 0 Å². The molecule has 0 bridgehead atoms. The molecule has 0 aromatic heterocycles. The molecule has 0 rings (SSSR count). The molecule has 0 fully saturated rings. The van der Waals surface area contributed by atoms with Gasteiger partial charge >= 0.3 is 0 Å². The molecule has 1 unspecified atom stereocenters. The van der Waals surface area contributed by atoms with Crippen LogP contribution in [0.25, 0.3) is 0 Å². The molecule has 1 atom stereocenters. The van der Waals surface area contributed by atoms with Gasteiger partial charge in [0.1, 0.15) is 0 Å². The van der Waals surface area contributed by atoms with Gasteiger partial charge < -0.3 is 0 Å². The highest BCUT2D eigenvalue weighted by Gasteiger charge is 1.88. The lowest BCUT2D eigenvalue weighted by Gasteiger charge is -1.97. The van der Waals surface area contributed by atoms with Crippen molar-refractivity contribution in [3.8, 4) is 0 Å². The number of allylic oxidation sites excluding steroid dienone is 3. The number of hydrogen-bond donors (Lipinski definition) is 0. The molecular formula is C12H19N. The van der Waals surface area contributed by atoms with Crippen LogP contribution in [0.2, 0.25) is 0 Å². The Hall–Kier alpha value is -1.11. The zero-order valence-corrected chi connectivity index (χ0v) is 8.83. The van der Waals surface area contributed by atoms with E-state index in [1.807, 2.05) is 13.0 Å². The highest BCUT2D eigenvalue weighted by molar-refractivity contribution is 5.81. The second-order valence-corrected chi connectivity index (χ2v) is 3.43. The third-order valence-corrected chi connectivity index (χ3v) is 1.51. The molecule has 0 N–H and O–H groups in total. The van der Waals surface area contributed by atoms with Crippen LogP contribution in [0.5, 0.6) is 0 Å². The van der Waals surface area contributed by atoms with E-state index in [-0.39, 0.29) is 6.04 Å². The van der Waals surface area contributed by atoms with Crippen molar-refractivity contribution >= 4 is 6.21 Å². The first-order valence-electron chi connectivity index (χ1n) is 4.59. The van der Waals surface area contributed by atoms with Crippen molar-refractivity contribution < 1.29 is 0 Å². The first-order chi connectivity index (χ1) is 6.06. The van der Waals surface area contributed by atoms with Crippen molar-refractivity contribution in [2.45, 2.75) is 26.8 Å². The van der Waals surface area contributed by atoms with Crippen LogP contribution < -0.4 is 0 Å². The monoisotopic (exact) mass is 177 g/mol. The van der Waals surface area contributed by atoms with Gasteiger partial charge in [0.25, 0.3) is 0 Å². The fourth-order valence-electron chi connectivity index (χ4n) is 0.633. The normalized spacial score (nSPS) is 14.2. The summed E-state index contributed by atoms with van der Waals surface area (Å²) in [6.07, 6.45) is 7.68. The van der Waals surface area contributed by atoms with Crippen molar-refractivity contribution in [3.05, 3.63) is 37.0 Å². The highest BCUT2D eigenvalue weighted by Crippen LogP contribution is 1.98. The molecule has 0 spiro atoms. The van der Waals surface area contributed by atoms with E-state index in [9.17, 15) is 0 Å². The predicted molar refractivity (Wildman–Crippen MR) is 61.3 cm³/mol. The Kier molecular flexibility index (Phi) is 5.86. The summed E-state index contributed by atoms with van der Waals surface area (Å²) >= 11 is 0. The van der Waals surface area contributed by atoms with E-state index in [0.717, 1.165) is 5.57 Å². The second kappa shape index (κ2) is 6.41. The SMILES string of the molecule is C=CC(C)N=CC(=C)/C=C/C(C)C. The Morgan fingerprint density at radius 3 is 2.38 bits per heavy atom. The molecule has 0 saturated heterocycles. The fraction of sp³-hybridized carbons (Fsp3) is 0.417. The van der Waals surface area contributed by atoms with Crippen LogP contribution in [-0.2, 0) is 0 Å². The van der Waals surface area contributed by atoms with Crippen molar-refractivity contribution in [2.24, 2.45) is 10.9 Å². The third kappa shape index (κ3) is 7.26. The minimum absolute atomic E-state index is 0.171. The molecule has 0 aliphatic heterocycles. The number of nitrogens with zero attached hydrogens (tertiary/aromatic N) is 1. The van der Waals surface area contributed by atoms with Gasteiger partial charge in [0.15, 0.2) is 0 Å². The predicted octanol–water partition coefficient (Wildman–Crippen LogP) is 3.40. The van der Waals surface area contributed by atoms with E-state index in [2.05, 4.69) is 38.1 Å². The van der Waals surface area contributed by atoms with E-state index < -0.39 is 0 Å². The molecule has 0 aliphatic rings. The molecule has 0 saturated carbocycles. The van der Waals surface area contributed by atoms with Gasteiger partial charge in [-0.1, -0.05) is 38.7 Å². The number of rotatable bonds is 5. The van der Waals surface area contributed by atoms with E-state index in [0.29, 0.717) is 5.92 Å². The lowest BCUT2D eigenvalue weighted by molar-refractivity contribution is 0.831. The standard InChI is InChI=1S/C12H19N/c1-6-12(5)13-9-11(4)8-7-10(2)3/h6-10,12H,1,4H2,2-3,5H3/b8-7+,13-9?. The van der Waals surface area contributed by atoms with Crippen molar-refractivity contribution in [3.63, 3.8) is 0 Å². The van der Waals surface area contributed by atoms with Gasteiger partial charge in [0.2, 0.25) is 0 Å². The molecule has 0 aromatic carbocycles. The maximum atomic E-state index is 4.23. The van der Waals surface area contributed by atoms with Gasteiger partial charge in [-0.2, -0.15) is 0 Å². The Morgan fingerprint density at radius 2 is 1.92 bits per heavy atom. The van der Waals surface area contributed by atoms with Gasteiger partial charge in [-0.3, -0.25) is 4.99 Å². The van der Waals surface area contributed by atoms with E-state index >= 15 is 0 Å². The summed E-state index contributed by atoms with van der Waals surface area (Å²) in [6.45, 7) is 13.8. The number of hydrogen-bond acceptors (Lipinski definition) is 1. The second-order valence-electron chi connectivity index (χ2n) is 3.43.